The van der Waals surface area contributed by atoms with Crippen LogP contribution >= 0.6 is 11.3 Å². The van der Waals surface area contributed by atoms with Gasteiger partial charge in [-0.15, -0.1) is 11.3 Å². The van der Waals surface area contributed by atoms with E-state index < -0.39 is 0 Å². The van der Waals surface area contributed by atoms with E-state index in [4.69, 9.17) is 14.5 Å². The minimum absolute atomic E-state index is 0.274. The molecule has 23 heavy (non-hydrogen) atoms. The van der Waals surface area contributed by atoms with E-state index >= 15 is 0 Å². The summed E-state index contributed by atoms with van der Waals surface area (Å²) in [6, 6.07) is 5.80. The quantitative estimate of drug-likeness (QED) is 0.803. The van der Waals surface area contributed by atoms with Crippen LogP contribution in [0.1, 0.15) is 19.0 Å². The SMILES string of the molecule is COc1cccc(-c2nc(CN(C)CCC(C)O)cs2)c1OC. The normalized spacial score (nSPS) is 12.4. The monoisotopic (exact) mass is 336 g/mol. The molecule has 5 nitrogen and oxygen atoms in total. The van der Waals surface area contributed by atoms with Crippen molar-refractivity contribution in [3.05, 3.63) is 29.3 Å². The van der Waals surface area contributed by atoms with Gasteiger partial charge < -0.3 is 19.5 Å². The van der Waals surface area contributed by atoms with Gasteiger partial charge in [-0.05, 0) is 32.5 Å². The second kappa shape index (κ2) is 8.29. The van der Waals surface area contributed by atoms with E-state index in [-0.39, 0.29) is 6.10 Å². The van der Waals surface area contributed by atoms with Gasteiger partial charge in [0.05, 0.1) is 31.6 Å². The molecule has 1 aromatic heterocycles. The lowest BCUT2D eigenvalue weighted by atomic mass is 10.2. The summed E-state index contributed by atoms with van der Waals surface area (Å²) in [5.41, 5.74) is 1.96. The Hall–Kier alpha value is -1.63. The number of ether oxygens (including phenoxy) is 2. The van der Waals surface area contributed by atoms with Gasteiger partial charge in [0.2, 0.25) is 0 Å². The molecule has 1 heterocycles. The number of thiazole rings is 1. The number of hydrogen-bond donors (Lipinski definition) is 1. The van der Waals surface area contributed by atoms with Crippen LogP contribution in [-0.2, 0) is 6.54 Å². The standard InChI is InChI=1S/C17H24N2O3S/c1-12(20)8-9-19(2)10-13-11-23-17(18-13)14-6-5-7-15(21-3)16(14)22-4/h5-7,11-12,20H,8-10H2,1-4H3. The summed E-state index contributed by atoms with van der Waals surface area (Å²) < 4.78 is 10.8. The zero-order valence-electron chi connectivity index (χ0n) is 14.1. The van der Waals surface area contributed by atoms with E-state index in [1.165, 1.54) is 0 Å². The molecule has 0 aliphatic rings. The van der Waals surface area contributed by atoms with Crippen LogP contribution in [0.5, 0.6) is 11.5 Å². The van der Waals surface area contributed by atoms with Gasteiger partial charge >= 0.3 is 0 Å². The fourth-order valence-electron chi connectivity index (χ4n) is 2.32. The van der Waals surface area contributed by atoms with Crippen molar-refractivity contribution in [1.82, 2.24) is 9.88 Å². The van der Waals surface area contributed by atoms with Crippen LogP contribution in [0.4, 0.5) is 0 Å². The van der Waals surface area contributed by atoms with Crippen molar-refractivity contribution < 1.29 is 14.6 Å². The topological polar surface area (TPSA) is 54.8 Å². The highest BCUT2D eigenvalue weighted by Crippen LogP contribution is 2.39. The lowest BCUT2D eigenvalue weighted by Gasteiger charge is -2.16. The van der Waals surface area contributed by atoms with E-state index in [0.717, 1.165) is 35.8 Å². The van der Waals surface area contributed by atoms with Gasteiger partial charge in [0.1, 0.15) is 5.01 Å². The molecule has 1 atom stereocenters. The third-order valence-corrected chi connectivity index (χ3v) is 4.47. The van der Waals surface area contributed by atoms with Crippen molar-refractivity contribution in [1.29, 1.82) is 0 Å². The van der Waals surface area contributed by atoms with Crippen LogP contribution < -0.4 is 9.47 Å². The van der Waals surface area contributed by atoms with Gasteiger partial charge in [0.15, 0.2) is 11.5 Å². The number of para-hydroxylation sites is 1. The Bertz CT molecular complexity index is 628. The van der Waals surface area contributed by atoms with Crippen LogP contribution in [0, 0.1) is 0 Å². The molecule has 1 unspecified atom stereocenters. The van der Waals surface area contributed by atoms with Crippen molar-refractivity contribution in [3.8, 4) is 22.1 Å². The van der Waals surface area contributed by atoms with Gasteiger partial charge in [0, 0.05) is 18.5 Å². The molecular weight excluding hydrogens is 312 g/mol. The second-order valence-corrected chi connectivity index (χ2v) is 6.42. The number of aliphatic hydroxyl groups is 1. The van der Waals surface area contributed by atoms with E-state index in [0.29, 0.717) is 11.5 Å². The Kier molecular flexibility index (Phi) is 6.38. The Morgan fingerprint density at radius 1 is 1.30 bits per heavy atom. The van der Waals surface area contributed by atoms with Gasteiger partial charge in [-0.1, -0.05) is 6.07 Å². The molecule has 2 rings (SSSR count). The molecule has 6 heteroatoms. The predicted octanol–water partition coefficient (Wildman–Crippen LogP) is 3.03. The number of hydrogen-bond acceptors (Lipinski definition) is 6. The highest BCUT2D eigenvalue weighted by molar-refractivity contribution is 7.13. The Balaban J connectivity index is 2.13. The molecule has 1 aromatic carbocycles. The van der Waals surface area contributed by atoms with E-state index in [1.54, 1.807) is 25.6 Å². The maximum atomic E-state index is 9.36. The van der Waals surface area contributed by atoms with Gasteiger partial charge in [-0.2, -0.15) is 0 Å². The van der Waals surface area contributed by atoms with Gasteiger partial charge in [0.25, 0.3) is 0 Å². The highest BCUT2D eigenvalue weighted by Gasteiger charge is 2.15. The maximum Gasteiger partial charge on any atom is 0.170 e. The molecule has 0 amide bonds. The Morgan fingerprint density at radius 2 is 2.09 bits per heavy atom. The minimum atomic E-state index is -0.274. The van der Waals surface area contributed by atoms with Crippen LogP contribution in [0.2, 0.25) is 0 Å². The summed E-state index contributed by atoms with van der Waals surface area (Å²) in [7, 11) is 5.30. The smallest absolute Gasteiger partial charge is 0.170 e. The molecule has 2 aromatic rings. The molecular formula is C17H24N2O3S. The fourth-order valence-corrected chi connectivity index (χ4v) is 3.15. The largest absolute Gasteiger partial charge is 0.493 e. The van der Waals surface area contributed by atoms with Crippen LogP contribution in [0.3, 0.4) is 0 Å². The summed E-state index contributed by atoms with van der Waals surface area (Å²) in [4.78, 5) is 6.87. The van der Waals surface area contributed by atoms with Gasteiger partial charge in [-0.25, -0.2) is 4.98 Å². The summed E-state index contributed by atoms with van der Waals surface area (Å²) >= 11 is 1.60. The molecule has 0 fully saturated rings. The van der Waals surface area contributed by atoms with Crippen LogP contribution in [-0.4, -0.2) is 48.9 Å². The van der Waals surface area contributed by atoms with Crippen molar-refractivity contribution in [2.45, 2.75) is 26.0 Å². The fraction of sp³-hybridized carbons (Fsp3) is 0.471. The van der Waals surface area contributed by atoms with Crippen LogP contribution in [0.15, 0.2) is 23.6 Å². The van der Waals surface area contributed by atoms with E-state index in [2.05, 4.69) is 10.3 Å². The molecule has 0 bridgehead atoms. The summed E-state index contributed by atoms with van der Waals surface area (Å²) in [6.07, 6.45) is 0.487. The first-order chi connectivity index (χ1) is 11.0. The zero-order valence-corrected chi connectivity index (χ0v) is 14.9. The molecule has 0 aliphatic heterocycles. The Labute approximate surface area is 141 Å². The predicted molar refractivity (Wildman–Crippen MR) is 93.3 cm³/mol. The average Bonchev–Trinajstić information content (AvgIpc) is 3.00. The third-order valence-electron chi connectivity index (χ3n) is 3.55. The highest BCUT2D eigenvalue weighted by atomic mass is 32.1. The maximum absolute atomic E-state index is 9.36. The molecule has 0 radical (unpaired) electrons. The minimum Gasteiger partial charge on any atom is -0.493 e. The molecule has 0 spiro atoms. The molecule has 1 N–H and O–H groups in total. The van der Waals surface area contributed by atoms with Crippen molar-refractivity contribution in [2.75, 3.05) is 27.8 Å². The summed E-state index contributed by atoms with van der Waals surface area (Å²) in [6.45, 7) is 3.41. The number of aliphatic hydroxyl groups excluding tert-OH is 1. The lowest BCUT2D eigenvalue weighted by Crippen LogP contribution is -2.22. The first-order valence-corrected chi connectivity index (χ1v) is 8.45. The number of rotatable bonds is 8. The Morgan fingerprint density at radius 3 is 2.74 bits per heavy atom. The molecule has 0 aliphatic carbocycles. The van der Waals surface area contributed by atoms with Gasteiger partial charge in [-0.3, -0.25) is 0 Å². The van der Waals surface area contributed by atoms with Crippen molar-refractivity contribution in [3.63, 3.8) is 0 Å². The third kappa shape index (κ3) is 4.67. The number of methoxy groups -OCH3 is 2. The van der Waals surface area contributed by atoms with E-state index in [1.807, 2.05) is 32.2 Å². The summed E-state index contributed by atoms with van der Waals surface area (Å²) in [5, 5.41) is 12.3. The first-order valence-electron chi connectivity index (χ1n) is 7.57. The van der Waals surface area contributed by atoms with Crippen molar-refractivity contribution in [2.24, 2.45) is 0 Å². The molecule has 0 saturated heterocycles. The summed E-state index contributed by atoms with van der Waals surface area (Å²) in [5.74, 6) is 1.41. The average molecular weight is 336 g/mol. The number of nitrogens with zero attached hydrogens (tertiary/aromatic N) is 2. The van der Waals surface area contributed by atoms with Crippen molar-refractivity contribution >= 4 is 11.3 Å². The number of aromatic nitrogens is 1. The van der Waals surface area contributed by atoms with E-state index in [9.17, 15) is 5.11 Å². The first kappa shape index (κ1) is 17.7. The zero-order chi connectivity index (χ0) is 16.8. The number of benzene rings is 1. The molecule has 0 saturated carbocycles. The van der Waals surface area contributed by atoms with Crippen LogP contribution in [0.25, 0.3) is 10.6 Å². The lowest BCUT2D eigenvalue weighted by molar-refractivity contribution is 0.162. The second-order valence-electron chi connectivity index (χ2n) is 5.56. The molecule has 126 valence electrons.